The normalized spacial score (nSPS) is 20.4. The molecule has 2 atom stereocenters. The molecule has 0 saturated carbocycles. The lowest BCUT2D eigenvalue weighted by atomic mass is 10.2. The summed E-state index contributed by atoms with van der Waals surface area (Å²) in [5.74, 6) is 0.611. The maximum Gasteiger partial charge on any atom is 0.230 e. The Labute approximate surface area is 118 Å². The molecular formula is C12H24N2O2S2. The third-order valence-electron chi connectivity index (χ3n) is 3.17. The molecule has 1 amide bonds. The van der Waals surface area contributed by atoms with E-state index in [-0.39, 0.29) is 23.8 Å². The van der Waals surface area contributed by atoms with Gasteiger partial charge in [-0.15, -0.1) is 11.8 Å². The highest BCUT2D eigenvalue weighted by Gasteiger charge is 2.19. The summed E-state index contributed by atoms with van der Waals surface area (Å²) >= 11 is 3.34. The van der Waals surface area contributed by atoms with Crippen LogP contribution in [0.1, 0.15) is 19.8 Å². The number of nitrogens with one attached hydrogen (secondary N) is 2. The predicted octanol–water partition coefficient (Wildman–Crippen LogP) is 0.700. The summed E-state index contributed by atoms with van der Waals surface area (Å²) in [6, 6.07) is 0.0196. The minimum atomic E-state index is 0.0196. The monoisotopic (exact) mass is 292 g/mol. The van der Waals surface area contributed by atoms with Gasteiger partial charge in [-0.3, -0.25) is 4.79 Å². The summed E-state index contributed by atoms with van der Waals surface area (Å²) in [6.45, 7) is 4.18. The van der Waals surface area contributed by atoms with E-state index < -0.39 is 0 Å². The lowest BCUT2D eigenvalue weighted by molar-refractivity contribution is -0.119. The van der Waals surface area contributed by atoms with Gasteiger partial charge in [-0.25, -0.2) is 0 Å². The number of rotatable bonds is 7. The van der Waals surface area contributed by atoms with Crippen LogP contribution in [0.5, 0.6) is 0 Å². The molecule has 1 aliphatic rings. The molecule has 1 fully saturated rings. The van der Waals surface area contributed by atoms with Gasteiger partial charge in [0.05, 0.1) is 12.4 Å². The Balaban J connectivity index is 2.19. The topological polar surface area (TPSA) is 61.4 Å². The molecule has 1 saturated heterocycles. The van der Waals surface area contributed by atoms with Gasteiger partial charge in [-0.2, -0.15) is 11.8 Å². The van der Waals surface area contributed by atoms with Crippen LogP contribution in [-0.2, 0) is 4.79 Å². The molecule has 18 heavy (non-hydrogen) atoms. The van der Waals surface area contributed by atoms with Crippen LogP contribution in [-0.4, -0.2) is 59.3 Å². The van der Waals surface area contributed by atoms with E-state index in [1.54, 1.807) is 23.5 Å². The second-order valence-corrected chi connectivity index (χ2v) is 6.94. The van der Waals surface area contributed by atoms with Crippen LogP contribution in [0.3, 0.4) is 0 Å². The van der Waals surface area contributed by atoms with Crippen molar-refractivity contribution in [3.05, 3.63) is 0 Å². The summed E-state index contributed by atoms with van der Waals surface area (Å²) < 4.78 is 0. The Kier molecular flexibility index (Phi) is 8.13. The molecule has 0 aromatic rings. The molecule has 4 nitrogen and oxygen atoms in total. The van der Waals surface area contributed by atoms with Gasteiger partial charge in [-0.05, 0) is 39.1 Å². The zero-order valence-corrected chi connectivity index (χ0v) is 12.8. The molecule has 0 aromatic heterocycles. The molecule has 1 heterocycles. The molecule has 3 N–H and O–H groups in total. The van der Waals surface area contributed by atoms with Gasteiger partial charge in [0.15, 0.2) is 0 Å². The van der Waals surface area contributed by atoms with Crippen LogP contribution in [0.15, 0.2) is 0 Å². The highest BCUT2D eigenvalue weighted by Crippen LogP contribution is 2.20. The van der Waals surface area contributed by atoms with Gasteiger partial charge in [0.25, 0.3) is 0 Å². The van der Waals surface area contributed by atoms with Gasteiger partial charge in [0.2, 0.25) is 5.91 Å². The Morgan fingerprint density at radius 3 is 2.72 bits per heavy atom. The van der Waals surface area contributed by atoms with Gasteiger partial charge in [0.1, 0.15) is 0 Å². The van der Waals surface area contributed by atoms with E-state index in [0.717, 1.165) is 25.9 Å². The first-order valence-corrected chi connectivity index (χ1v) is 8.76. The number of carbonyl (C=O) groups is 1. The molecule has 0 radical (unpaired) electrons. The molecule has 6 heteroatoms. The van der Waals surface area contributed by atoms with E-state index in [1.165, 1.54) is 0 Å². The molecular weight excluding hydrogens is 268 g/mol. The lowest BCUT2D eigenvalue weighted by Gasteiger charge is -2.23. The molecule has 2 unspecified atom stereocenters. The summed E-state index contributed by atoms with van der Waals surface area (Å²) in [7, 11) is 0. The van der Waals surface area contributed by atoms with Crippen molar-refractivity contribution in [1.82, 2.24) is 10.6 Å². The fourth-order valence-electron chi connectivity index (χ4n) is 1.98. The predicted molar refractivity (Wildman–Crippen MR) is 80.3 cm³/mol. The van der Waals surface area contributed by atoms with Crippen molar-refractivity contribution in [3.8, 4) is 0 Å². The van der Waals surface area contributed by atoms with Crippen LogP contribution in [0.4, 0.5) is 0 Å². The Morgan fingerprint density at radius 2 is 2.17 bits per heavy atom. The number of amides is 1. The van der Waals surface area contributed by atoms with Crippen molar-refractivity contribution in [3.63, 3.8) is 0 Å². The Hall–Kier alpha value is 0.0900. The summed E-state index contributed by atoms with van der Waals surface area (Å²) in [5.41, 5.74) is 0. The summed E-state index contributed by atoms with van der Waals surface area (Å²) in [4.78, 5) is 11.8. The van der Waals surface area contributed by atoms with Gasteiger partial charge in [-0.1, -0.05) is 0 Å². The molecule has 106 valence electrons. The summed E-state index contributed by atoms with van der Waals surface area (Å²) in [6.07, 6.45) is 4.25. The maximum absolute atomic E-state index is 11.8. The standard InChI is InChI=1S/C12H24N2O2S2/c1-9(11(7-15)17-2)14-12(16)8-18-10-3-5-13-6-4-10/h9-11,13,15H,3-8H2,1-2H3,(H,14,16). The van der Waals surface area contributed by atoms with Crippen LogP contribution < -0.4 is 10.6 Å². The van der Waals surface area contributed by atoms with E-state index in [9.17, 15) is 4.79 Å². The van der Waals surface area contributed by atoms with Crippen LogP contribution in [0, 0.1) is 0 Å². The fourth-order valence-corrected chi connectivity index (χ4v) is 3.65. The number of aliphatic hydroxyl groups is 1. The number of aliphatic hydroxyl groups excluding tert-OH is 1. The first kappa shape index (κ1) is 16.1. The minimum Gasteiger partial charge on any atom is -0.395 e. The van der Waals surface area contributed by atoms with Crippen molar-refractivity contribution in [1.29, 1.82) is 0 Å². The third kappa shape index (κ3) is 5.82. The van der Waals surface area contributed by atoms with Crippen LogP contribution in [0.25, 0.3) is 0 Å². The smallest absolute Gasteiger partial charge is 0.230 e. The maximum atomic E-state index is 11.8. The van der Waals surface area contributed by atoms with E-state index >= 15 is 0 Å². The van der Waals surface area contributed by atoms with E-state index in [1.807, 2.05) is 13.2 Å². The molecule has 1 aliphatic heterocycles. The van der Waals surface area contributed by atoms with Crippen molar-refractivity contribution < 1.29 is 9.90 Å². The molecule has 0 spiro atoms. The first-order chi connectivity index (χ1) is 8.67. The number of carbonyl (C=O) groups excluding carboxylic acids is 1. The quantitative estimate of drug-likeness (QED) is 0.645. The number of piperidine rings is 1. The summed E-state index contributed by atoms with van der Waals surface area (Å²) in [5, 5.41) is 16.1. The first-order valence-electron chi connectivity index (χ1n) is 6.42. The SMILES string of the molecule is CSC(CO)C(C)NC(=O)CSC1CCNCC1. The van der Waals surface area contributed by atoms with Gasteiger partial charge < -0.3 is 15.7 Å². The highest BCUT2D eigenvalue weighted by atomic mass is 32.2. The zero-order chi connectivity index (χ0) is 13.4. The van der Waals surface area contributed by atoms with Crippen molar-refractivity contribution in [2.24, 2.45) is 0 Å². The average molecular weight is 292 g/mol. The third-order valence-corrected chi connectivity index (χ3v) is 5.70. The van der Waals surface area contributed by atoms with Crippen LogP contribution in [0.2, 0.25) is 0 Å². The van der Waals surface area contributed by atoms with Crippen molar-refractivity contribution >= 4 is 29.4 Å². The fraction of sp³-hybridized carbons (Fsp3) is 0.917. The second-order valence-electron chi connectivity index (χ2n) is 4.57. The number of thioether (sulfide) groups is 2. The Morgan fingerprint density at radius 1 is 1.50 bits per heavy atom. The van der Waals surface area contributed by atoms with Crippen molar-refractivity contribution in [2.75, 3.05) is 31.7 Å². The number of hydrogen-bond donors (Lipinski definition) is 3. The largest absolute Gasteiger partial charge is 0.395 e. The van der Waals surface area contributed by atoms with E-state index in [0.29, 0.717) is 11.0 Å². The molecule has 0 aliphatic carbocycles. The zero-order valence-electron chi connectivity index (χ0n) is 11.1. The average Bonchev–Trinajstić information content (AvgIpc) is 2.39. The van der Waals surface area contributed by atoms with Gasteiger partial charge in [0, 0.05) is 16.5 Å². The second kappa shape index (κ2) is 9.07. The molecule has 1 rings (SSSR count). The van der Waals surface area contributed by atoms with Gasteiger partial charge >= 0.3 is 0 Å². The molecule has 0 aromatic carbocycles. The van der Waals surface area contributed by atoms with E-state index in [4.69, 9.17) is 5.11 Å². The molecule has 0 bridgehead atoms. The van der Waals surface area contributed by atoms with Crippen molar-refractivity contribution in [2.45, 2.75) is 36.3 Å². The van der Waals surface area contributed by atoms with E-state index in [2.05, 4.69) is 10.6 Å². The number of hydrogen-bond acceptors (Lipinski definition) is 5. The highest BCUT2D eigenvalue weighted by molar-refractivity contribution is 8.00. The minimum absolute atomic E-state index is 0.0196. The lowest BCUT2D eigenvalue weighted by Crippen LogP contribution is -2.42. The van der Waals surface area contributed by atoms with Crippen LogP contribution >= 0.6 is 23.5 Å². The Bertz CT molecular complexity index is 244.